The first-order chi connectivity index (χ1) is 18.5. The van der Waals surface area contributed by atoms with Crippen LogP contribution in [0.1, 0.15) is 36.7 Å². The van der Waals surface area contributed by atoms with Gasteiger partial charge >= 0.3 is 0 Å². The number of aromatic nitrogens is 3. The summed E-state index contributed by atoms with van der Waals surface area (Å²) in [7, 11) is 1.63. The van der Waals surface area contributed by atoms with Crippen molar-refractivity contribution in [2.45, 2.75) is 32.7 Å². The standard InChI is InChI=1S/C29H36N6O3/c1-21-7-6-10-24(21)29(37)34-15-13-33(14-16-34)27-12-11-23(20-30-27)31-28(36)26-19-25(22-8-4-3-5-9-22)32-35(26)17-18-38-2/h3-5,8-9,11-12,19-21,24H,6-7,10,13-18H2,1-2H3,(H,31,36)/t21-,24-/m0/s1. The highest BCUT2D eigenvalue weighted by Gasteiger charge is 2.34. The Hall–Kier alpha value is -3.72. The number of carbonyl (C=O) groups excluding carboxylic acids is 2. The normalized spacial score (nSPS) is 19.5. The van der Waals surface area contributed by atoms with Crippen LogP contribution < -0.4 is 10.2 Å². The maximum atomic E-state index is 13.2. The average molecular weight is 517 g/mol. The van der Waals surface area contributed by atoms with Gasteiger partial charge in [-0.25, -0.2) is 4.98 Å². The molecule has 5 rings (SSSR count). The molecule has 1 saturated heterocycles. The molecule has 1 aromatic carbocycles. The highest BCUT2D eigenvalue weighted by atomic mass is 16.5. The highest BCUT2D eigenvalue weighted by Crippen LogP contribution is 2.33. The van der Waals surface area contributed by atoms with Crippen LogP contribution in [0.25, 0.3) is 11.3 Å². The number of piperazine rings is 1. The van der Waals surface area contributed by atoms with Crippen LogP contribution in [-0.4, -0.2) is 71.4 Å². The van der Waals surface area contributed by atoms with Gasteiger partial charge in [-0.05, 0) is 37.0 Å². The number of nitrogens with zero attached hydrogens (tertiary/aromatic N) is 5. The molecule has 1 N–H and O–H groups in total. The number of nitrogens with one attached hydrogen (secondary N) is 1. The molecule has 3 heterocycles. The Morgan fingerprint density at radius 3 is 2.50 bits per heavy atom. The predicted octanol–water partition coefficient (Wildman–Crippen LogP) is 3.93. The third-order valence-corrected chi connectivity index (χ3v) is 7.69. The van der Waals surface area contributed by atoms with Gasteiger partial charge in [0.15, 0.2) is 0 Å². The van der Waals surface area contributed by atoms with Crippen molar-refractivity contribution < 1.29 is 14.3 Å². The van der Waals surface area contributed by atoms with Crippen molar-refractivity contribution in [1.29, 1.82) is 0 Å². The van der Waals surface area contributed by atoms with Crippen LogP contribution >= 0.6 is 0 Å². The number of carbonyl (C=O) groups is 2. The summed E-state index contributed by atoms with van der Waals surface area (Å²) in [5.74, 6) is 1.60. The molecule has 3 aromatic rings. The molecule has 2 aliphatic rings. The lowest BCUT2D eigenvalue weighted by Crippen LogP contribution is -2.50. The number of ether oxygens (including phenoxy) is 1. The fraction of sp³-hybridized carbons (Fsp3) is 0.448. The van der Waals surface area contributed by atoms with Gasteiger partial charge in [-0.15, -0.1) is 0 Å². The predicted molar refractivity (Wildman–Crippen MR) is 147 cm³/mol. The summed E-state index contributed by atoms with van der Waals surface area (Å²) in [5.41, 5.74) is 2.76. The lowest BCUT2D eigenvalue weighted by atomic mass is 9.96. The quantitative estimate of drug-likeness (QED) is 0.488. The minimum atomic E-state index is -0.251. The number of methoxy groups -OCH3 is 1. The molecule has 9 heteroatoms. The molecule has 38 heavy (non-hydrogen) atoms. The van der Waals surface area contributed by atoms with Crippen molar-refractivity contribution in [2.24, 2.45) is 11.8 Å². The van der Waals surface area contributed by atoms with Crippen LogP contribution in [0.2, 0.25) is 0 Å². The lowest BCUT2D eigenvalue weighted by Gasteiger charge is -2.37. The van der Waals surface area contributed by atoms with Gasteiger partial charge in [0.05, 0.1) is 30.7 Å². The van der Waals surface area contributed by atoms with E-state index in [1.165, 1.54) is 0 Å². The first-order valence-electron chi connectivity index (χ1n) is 13.5. The largest absolute Gasteiger partial charge is 0.383 e. The Morgan fingerprint density at radius 2 is 1.84 bits per heavy atom. The maximum absolute atomic E-state index is 13.2. The van der Waals surface area contributed by atoms with E-state index in [-0.39, 0.29) is 11.8 Å². The second-order valence-electron chi connectivity index (χ2n) is 10.2. The molecule has 2 aromatic heterocycles. The van der Waals surface area contributed by atoms with Gasteiger partial charge in [-0.2, -0.15) is 5.10 Å². The molecule has 1 saturated carbocycles. The molecule has 1 aliphatic heterocycles. The van der Waals surface area contributed by atoms with E-state index in [1.807, 2.05) is 47.4 Å². The van der Waals surface area contributed by atoms with Crippen LogP contribution in [0, 0.1) is 11.8 Å². The third-order valence-electron chi connectivity index (χ3n) is 7.69. The van der Waals surface area contributed by atoms with Crippen molar-refractivity contribution in [2.75, 3.05) is 50.1 Å². The molecule has 0 radical (unpaired) electrons. The molecule has 2 amide bonds. The monoisotopic (exact) mass is 516 g/mol. The van der Waals surface area contributed by atoms with Gasteiger partial charge in [-0.3, -0.25) is 14.3 Å². The molecule has 200 valence electrons. The number of pyridine rings is 1. The minimum absolute atomic E-state index is 0.192. The topological polar surface area (TPSA) is 92.6 Å². The molecular formula is C29H36N6O3. The van der Waals surface area contributed by atoms with Crippen molar-refractivity contribution in [3.63, 3.8) is 0 Å². The fourth-order valence-corrected chi connectivity index (χ4v) is 5.44. The molecule has 2 fully saturated rings. The van der Waals surface area contributed by atoms with E-state index < -0.39 is 0 Å². The molecule has 2 atom stereocenters. The number of hydrogen-bond donors (Lipinski definition) is 1. The van der Waals surface area contributed by atoms with Crippen LogP contribution in [0.5, 0.6) is 0 Å². The fourth-order valence-electron chi connectivity index (χ4n) is 5.44. The van der Waals surface area contributed by atoms with E-state index in [9.17, 15) is 9.59 Å². The SMILES string of the molecule is COCCn1nc(-c2ccccc2)cc1C(=O)Nc1ccc(N2CCN(C(=O)[C@H]3CCC[C@@H]3C)CC2)nc1. The van der Waals surface area contributed by atoms with Gasteiger partial charge in [0.2, 0.25) is 5.91 Å². The van der Waals surface area contributed by atoms with E-state index in [2.05, 4.69) is 27.2 Å². The number of anilines is 2. The minimum Gasteiger partial charge on any atom is -0.383 e. The Labute approximate surface area is 223 Å². The zero-order valence-electron chi connectivity index (χ0n) is 22.2. The summed E-state index contributed by atoms with van der Waals surface area (Å²) in [5, 5.41) is 7.58. The lowest BCUT2D eigenvalue weighted by molar-refractivity contribution is -0.136. The van der Waals surface area contributed by atoms with E-state index in [4.69, 9.17) is 4.74 Å². The first kappa shape index (κ1) is 25.9. The summed E-state index contributed by atoms with van der Waals surface area (Å²) in [4.78, 5) is 34.9. The number of rotatable bonds is 8. The molecule has 0 spiro atoms. The highest BCUT2D eigenvalue weighted by molar-refractivity contribution is 6.03. The number of amides is 2. The van der Waals surface area contributed by atoms with E-state index in [0.29, 0.717) is 36.4 Å². The van der Waals surface area contributed by atoms with Crippen molar-refractivity contribution in [1.82, 2.24) is 19.7 Å². The number of hydrogen-bond acceptors (Lipinski definition) is 6. The van der Waals surface area contributed by atoms with Gasteiger partial charge in [0.1, 0.15) is 11.5 Å². The average Bonchev–Trinajstić information content (AvgIpc) is 3.59. The third kappa shape index (κ3) is 5.72. The number of benzene rings is 1. The van der Waals surface area contributed by atoms with Crippen LogP contribution in [0.15, 0.2) is 54.7 Å². The Balaban J connectivity index is 1.21. The van der Waals surface area contributed by atoms with Crippen molar-refractivity contribution in [3.05, 3.63) is 60.4 Å². The smallest absolute Gasteiger partial charge is 0.273 e. The molecule has 0 unspecified atom stereocenters. The first-order valence-corrected chi connectivity index (χ1v) is 13.5. The van der Waals surface area contributed by atoms with Crippen molar-refractivity contribution in [3.8, 4) is 11.3 Å². The van der Waals surface area contributed by atoms with E-state index in [1.54, 1.807) is 24.1 Å². The molecular weight excluding hydrogens is 480 g/mol. The second kappa shape index (κ2) is 11.8. The zero-order valence-corrected chi connectivity index (χ0v) is 22.2. The summed E-state index contributed by atoms with van der Waals surface area (Å²) < 4.78 is 6.88. The van der Waals surface area contributed by atoms with Gasteiger partial charge in [0.25, 0.3) is 5.91 Å². The summed E-state index contributed by atoms with van der Waals surface area (Å²) in [6.07, 6.45) is 5.02. The Kier molecular flexibility index (Phi) is 8.03. The van der Waals surface area contributed by atoms with Crippen LogP contribution in [0.3, 0.4) is 0 Å². The molecule has 1 aliphatic carbocycles. The zero-order chi connectivity index (χ0) is 26.5. The molecule has 0 bridgehead atoms. The van der Waals surface area contributed by atoms with Crippen LogP contribution in [-0.2, 0) is 16.1 Å². The van der Waals surface area contributed by atoms with Gasteiger partial charge < -0.3 is 19.9 Å². The summed E-state index contributed by atoms with van der Waals surface area (Å²) in [6, 6.07) is 15.4. The van der Waals surface area contributed by atoms with Gasteiger partial charge in [0, 0.05) is 44.8 Å². The Bertz CT molecular complexity index is 1230. The summed E-state index contributed by atoms with van der Waals surface area (Å²) >= 11 is 0. The van der Waals surface area contributed by atoms with Crippen LogP contribution in [0.4, 0.5) is 11.5 Å². The molecule has 9 nitrogen and oxygen atoms in total. The summed E-state index contributed by atoms with van der Waals surface area (Å²) in [6.45, 7) is 6.07. The Morgan fingerprint density at radius 1 is 1.05 bits per heavy atom. The van der Waals surface area contributed by atoms with E-state index in [0.717, 1.165) is 62.5 Å². The van der Waals surface area contributed by atoms with Crippen molar-refractivity contribution >= 4 is 23.3 Å². The second-order valence-corrected chi connectivity index (χ2v) is 10.2. The van der Waals surface area contributed by atoms with E-state index >= 15 is 0 Å². The van der Waals surface area contributed by atoms with Gasteiger partial charge in [-0.1, -0.05) is 43.7 Å². The maximum Gasteiger partial charge on any atom is 0.273 e.